The van der Waals surface area contributed by atoms with Crippen molar-refractivity contribution < 1.29 is 9.13 Å². The third-order valence-electron chi connectivity index (χ3n) is 3.46. The Balaban J connectivity index is 2.12. The van der Waals surface area contributed by atoms with Crippen LogP contribution in [0.25, 0.3) is 0 Å². The Morgan fingerprint density at radius 1 is 1.39 bits per heavy atom. The number of nitriles is 1. The molecule has 1 aromatic rings. The molecule has 1 fully saturated rings. The van der Waals surface area contributed by atoms with E-state index in [0.717, 1.165) is 25.9 Å². The van der Waals surface area contributed by atoms with E-state index in [0.29, 0.717) is 5.56 Å². The van der Waals surface area contributed by atoms with Gasteiger partial charge in [0.25, 0.3) is 0 Å². The summed E-state index contributed by atoms with van der Waals surface area (Å²) >= 11 is 0. The predicted octanol–water partition coefficient (Wildman–Crippen LogP) is 2.56. The van der Waals surface area contributed by atoms with Crippen molar-refractivity contribution in [3.8, 4) is 11.8 Å². The molecule has 0 bridgehead atoms. The average molecular weight is 248 g/mol. The van der Waals surface area contributed by atoms with Crippen LogP contribution in [0, 0.1) is 17.1 Å². The van der Waals surface area contributed by atoms with Gasteiger partial charge in [-0.25, -0.2) is 4.39 Å². The highest BCUT2D eigenvalue weighted by atomic mass is 19.1. The second-order valence-electron chi connectivity index (χ2n) is 5.11. The van der Waals surface area contributed by atoms with Gasteiger partial charge in [0.2, 0.25) is 0 Å². The lowest BCUT2D eigenvalue weighted by Gasteiger charge is -2.38. The van der Waals surface area contributed by atoms with Gasteiger partial charge >= 0.3 is 0 Å². The van der Waals surface area contributed by atoms with Crippen molar-refractivity contribution in [2.75, 3.05) is 20.1 Å². The normalized spacial score (nSPS) is 19.2. The molecule has 0 aliphatic carbocycles. The molecule has 3 nitrogen and oxygen atoms in total. The zero-order valence-corrected chi connectivity index (χ0v) is 10.7. The molecular weight excluding hydrogens is 231 g/mol. The predicted molar refractivity (Wildman–Crippen MR) is 66.9 cm³/mol. The van der Waals surface area contributed by atoms with Gasteiger partial charge in [-0.05, 0) is 45.0 Å². The monoisotopic (exact) mass is 248 g/mol. The van der Waals surface area contributed by atoms with Gasteiger partial charge in [0, 0.05) is 13.1 Å². The maximum Gasteiger partial charge on any atom is 0.166 e. The van der Waals surface area contributed by atoms with Gasteiger partial charge in [-0.15, -0.1) is 0 Å². The van der Waals surface area contributed by atoms with Crippen LogP contribution in [0.3, 0.4) is 0 Å². The van der Waals surface area contributed by atoms with Gasteiger partial charge in [0.05, 0.1) is 11.6 Å². The van der Waals surface area contributed by atoms with Crippen LogP contribution >= 0.6 is 0 Å². The molecule has 0 amide bonds. The number of rotatable bonds is 2. The van der Waals surface area contributed by atoms with Crippen LogP contribution in [-0.2, 0) is 0 Å². The summed E-state index contributed by atoms with van der Waals surface area (Å²) in [6, 6.07) is 6.25. The van der Waals surface area contributed by atoms with Gasteiger partial charge in [-0.1, -0.05) is 0 Å². The van der Waals surface area contributed by atoms with Crippen molar-refractivity contribution in [2.24, 2.45) is 0 Å². The summed E-state index contributed by atoms with van der Waals surface area (Å²) in [6.45, 7) is 3.92. The quantitative estimate of drug-likeness (QED) is 0.807. The third-order valence-corrected chi connectivity index (χ3v) is 3.46. The minimum absolute atomic E-state index is 0.237. The summed E-state index contributed by atoms with van der Waals surface area (Å²) in [4.78, 5) is 2.24. The molecule has 0 saturated carbocycles. The van der Waals surface area contributed by atoms with Crippen LogP contribution in [0.5, 0.6) is 5.75 Å². The number of hydrogen-bond donors (Lipinski definition) is 0. The molecule has 4 heteroatoms. The molecule has 96 valence electrons. The molecule has 1 aliphatic heterocycles. The Morgan fingerprint density at radius 2 is 2.06 bits per heavy atom. The summed E-state index contributed by atoms with van der Waals surface area (Å²) in [5.74, 6) is -0.227. The van der Waals surface area contributed by atoms with E-state index in [9.17, 15) is 4.39 Å². The maximum absolute atomic E-state index is 13.8. The Labute approximate surface area is 107 Å². The first-order valence-corrected chi connectivity index (χ1v) is 6.10. The number of ether oxygens (including phenoxy) is 1. The molecule has 1 saturated heterocycles. The third kappa shape index (κ3) is 2.80. The first-order valence-electron chi connectivity index (χ1n) is 6.10. The van der Waals surface area contributed by atoms with Crippen LogP contribution in [0.15, 0.2) is 18.2 Å². The number of nitrogens with zero attached hydrogens (tertiary/aromatic N) is 2. The molecule has 0 aromatic heterocycles. The number of likely N-dealkylation sites (tertiary alicyclic amines) is 1. The minimum atomic E-state index is -0.464. The van der Waals surface area contributed by atoms with Crippen molar-refractivity contribution in [1.82, 2.24) is 4.90 Å². The first-order chi connectivity index (χ1) is 8.52. The fraction of sp³-hybridized carbons (Fsp3) is 0.500. The van der Waals surface area contributed by atoms with E-state index in [-0.39, 0.29) is 11.4 Å². The fourth-order valence-electron chi connectivity index (χ4n) is 2.11. The Morgan fingerprint density at radius 3 is 2.61 bits per heavy atom. The molecule has 0 atom stereocenters. The molecule has 1 aromatic carbocycles. The lowest BCUT2D eigenvalue weighted by atomic mass is 9.93. The van der Waals surface area contributed by atoms with Gasteiger partial charge in [-0.2, -0.15) is 5.26 Å². The average Bonchev–Trinajstić information content (AvgIpc) is 2.36. The lowest BCUT2D eigenvalue weighted by Crippen LogP contribution is -2.44. The zero-order valence-electron chi connectivity index (χ0n) is 10.7. The van der Waals surface area contributed by atoms with E-state index in [1.807, 2.05) is 13.0 Å². The Hall–Kier alpha value is -1.60. The van der Waals surface area contributed by atoms with Crippen molar-refractivity contribution in [3.05, 3.63) is 29.6 Å². The summed E-state index contributed by atoms with van der Waals surface area (Å²) in [6.07, 6.45) is 1.76. The highest BCUT2D eigenvalue weighted by Gasteiger charge is 2.31. The maximum atomic E-state index is 13.8. The Kier molecular flexibility index (Phi) is 3.53. The van der Waals surface area contributed by atoms with Crippen LogP contribution < -0.4 is 4.74 Å². The van der Waals surface area contributed by atoms with Crippen LogP contribution in [0.2, 0.25) is 0 Å². The summed E-state index contributed by atoms with van der Waals surface area (Å²) < 4.78 is 19.6. The number of halogens is 1. The van der Waals surface area contributed by atoms with Crippen molar-refractivity contribution in [1.29, 1.82) is 5.26 Å². The second-order valence-corrected chi connectivity index (χ2v) is 5.11. The smallest absolute Gasteiger partial charge is 0.166 e. The van der Waals surface area contributed by atoms with Gasteiger partial charge in [0.1, 0.15) is 5.60 Å². The molecule has 0 spiro atoms. The largest absolute Gasteiger partial charge is 0.484 e. The van der Waals surface area contributed by atoms with E-state index >= 15 is 0 Å². The molecule has 0 radical (unpaired) electrons. The minimum Gasteiger partial charge on any atom is -0.484 e. The summed E-state index contributed by atoms with van der Waals surface area (Å²) in [5.41, 5.74) is -0.00463. The summed E-state index contributed by atoms with van der Waals surface area (Å²) in [5, 5.41) is 8.69. The fourth-order valence-corrected chi connectivity index (χ4v) is 2.11. The number of hydrogen-bond acceptors (Lipinski definition) is 3. The molecule has 1 aliphatic rings. The van der Waals surface area contributed by atoms with Crippen molar-refractivity contribution in [2.45, 2.75) is 25.4 Å². The molecule has 0 N–H and O–H groups in total. The van der Waals surface area contributed by atoms with Gasteiger partial charge < -0.3 is 9.64 Å². The molecule has 0 unspecified atom stereocenters. The van der Waals surface area contributed by atoms with Crippen molar-refractivity contribution >= 4 is 0 Å². The SMILES string of the molecule is CN1CCC(C)(Oc2ccc(C#N)cc2F)CC1. The Bertz CT molecular complexity index is 473. The molecule has 18 heavy (non-hydrogen) atoms. The number of piperidine rings is 1. The molecule has 1 heterocycles. The van der Waals surface area contributed by atoms with Crippen molar-refractivity contribution in [3.63, 3.8) is 0 Å². The standard InChI is InChI=1S/C14H17FN2O/c1-14(5-7-17(2)8-6-14)18-13-4-3-11(10-16)9-12(13)15/h3-4,9H,5-8H2,1-2H3. The van der Waals surface area contributed by atoms with Gasteiger partial charge in [-0.3, -0.25) is 0 Å². The topological polar surface area (TPSA) is 36.3 Å². The van der Waals surface area contributed by atoms with E-state index in [2.05, 4.69) is 11.9 Å². The van der Waals surface area contributed by atoms with Gasteiger partial charge in [0.15, 0.2) is 11.6 Å². The highest BCUT2D eigenvalue weighted by molar-refractivity contribution is 5.36. The summed E-state index contributed by atoms with van der Waals surface area (Å²) in [7, 11) is 2.07. The van der Waals surface area contributed by atoms with E-state index < -0.39 is 5.82 Å². The van der Waals surface area contributed by atoms with Crippen LogP contribution in [-0.4, -0.2) is 30.6 Å². The van der Waals surface area contributed by atoms with E-state index in [1.165, 1.54) is 12.1 Å². The first kappa shape index (κ1) is 12.8. The molecule has 2 rings (SSSR count). The zero-order chi connectivity index (χ0) is 13.2. The highest BCUT2D eigenvalue weighted by Crippen LogP contribution is 2.29. The van der Waals surface area contributed by atoms with E-state index in [1.54, 1.807) is 6.07 Å². The molecular formula is C14H17FN2O. The number of benzene rings is 1. The van der Waals surface area contributed by atoms with Crippen LogP contribution in [0.4, 0.5) is 4.39 Å². The second kappa shape index (κ2) is 4.95. The lowest BCUT2D eigenvalue weighted by molar-refractivity contribution is 0.0209. The van der Waals surface area contributed by atoms with Crippen LogP contribution in [0.1, 0.15) is 25.3 Å². The van der Waals surface area contributed by atoms with E-state index in [4.69, 9.17) is 10.00 Å².